The van der Waals surface area contributed by atoms with Crippen LogP contribution in [0.15, 0.2) is 30.6 Å². The molecule has 0 spiro atoms. The molecule has 2 unspecified atom stereocenters. The van der Waals surface area contributed by atoms with Crippen LogP contribution in [0.4, 0.5) is 17.6 Å². The number of H-pyrrole nitrogens is 1. The molecule has 0 amide bonds. The zero-order valence-corrected chi connectivity index (χ0v) is 18.9. The lowest BCUT2D eigenvalue weighted by atomic mass is 9.52. The third-order valence-electron chi connectivity index (χ3n) is 7.47. The number of aryl methyl sites for hydroxylation is 1. The second-order valence-corrected chi connectivity index (χ2v) is 10.0. The van der Waals surface area contributed by atoms with Crippen LogP contribution in [0.3, 0.4) is 0 Å². The number of methoxy groups -OCH3 is 1. The van der Waals surface area contributed by atoms with Gasteiger partial charge in [0.15, 0.2) is 5.82 Å². The van der Waals surface area contributed by atoms with Gasteiger partial charge in [-0.2, -0.15) is 10.1 Å². The van der Waals surface area contributed by atoms with Crippen molar-refractivity contribution >= 4 is 17.6 Å². The minimum absolute atomic E-state index is 0.279. The summed E-state index contributed by atoms with van der Waals surface area (Å²) in [5.41, 5.74) is 2.10. The maximum absolute atomic E-state index is 10.9. The Hall–Kier alpha value is -3.20. The SMILES string of the molecule is COc1cncc(-c2cc(Nc3cc(C)[nH]n3)nc(NC3C4CC5CC3CC(O)(C5)C4)n2)c1. The van der Waals surface area contributed by atoms with Crippen molar-refractivity contribution in [3.8, 4) is 17.0 Å². The second-order valence-electron chi connectivity index (χ2n) is 10.0. The van der Waals surface area contributed by atoms with Crippen LogP contribution in [0.5, 0.6) is 5.75 Å². The molecule has 3 heterocycles. The van der Waals surface area contributed by atoms with Crippen LogP contribution >= 0.6 is 0 Å². The van der Waals surface area contributed by atoms with Crippen LogP contribution in [0.2, 0.25) is 0 Å². The predicted octanol–water partition coefficient (Wildman–Crippen LogP) is 3.67. The number of aromatic amines is 1. The molecule has 3 aromatic heterocycles. The van der Waals surface area contributed by atoms with Crippen LogP contribution in [0.25, 0.3) is 11.3 Å². The molecule has 0 aromatic carbocycles. The highest BCUT2D eigenvalue weighted by molar-refractivity contribution is 5.67. The molecule has 172 valence electrons. The standard InChI is InChI=1S/C24H29N7O2/c1-13-3-21(31-30-13)27-20-7-19(17-6-18(33-2)12-25-11-17)26-23(28-20)29-22-15-4-14-5-16(22)10-24(32,8-14)9-15/h3,6-7,11-12,14-16,22,32H,4-5,8-10H2,1-2H3,(H3,26,27,28,29,30,31). The summed E-state index contributed by atoms with van der Waals surface area (Å²) in [6, 6.07) is 6.02. The van der Waals surface area contributed by atoms with Gasteiger partial charge in [-0.3, -0.25) is 10.1 Å². The first-order valence-electron chi connectivity index (χ1n) is 11.6. The molecule has 7 rings (SSSR count). The highest BCUT2D eigenvalue weighted by atomic mass is 16.5. The Labute approximate surface area is 192 Å². The normalized spacial score (nSPS) is 29.8. The van der Waals surface area contributed by atoms with Gasteiger partial charge in [0, 0.05) is 35.6 Å². The number of rotatable bonds is 6. The first-order chi connectivity index (χ1) is 16.0. The lowest BCUT2D eigenvalue weighted by molar-refractivity contribution is -0.129. The number of hydrogen-bond donors (Lipinski definition) is 4. The maximum Gasteiger partial charge on any atom is 0.225 e. The molecule has 4 fully saturated rings. The van der Waals surface area contributed by atoms with Crippen LogP contribution in [-0.4, -0.2) is 49.0 Å². The first kappa shape index (κ1) is 20.4. The highest BCUT2D eigenvalue weighted by Crippen LogP contribution is 2.56. The van der Waals surface area contributed by atoms with Crippen LogP contribution in [-0.2, 0) is 0 Å². The van der Waals surface area contributed by atoms with Crippen molar-refractivity contribution < 1.29 is 9.84 Å². The van der Waals surface area contributed by atoms with Gasteiger partial charge >= 0.3 is 0 Å². The number of aliphatic hydroxyl groups is 1. The van der Waals surface area contributed by atoms with Crippen molar-refractivity contribution in [1.29, 1.82) is 0 Å². The third kappa shape index (κ3) is 3.90. The van der Waals surface area contributed by atoms with E-state index in [2.05, 4.69) is 25.8 Å². The molecule has 4 saturated carbocycles. The summed E-state index contributed by atoms with van der Waals surface area (Å²) in [7, 11) is 1.63. The first-order valence-corrected chi connectivity index (χ1v) is 11.6. The molecule has 0 radical (unpaired) electrons. The lowest BCUT2D eigenvalue weighted by Crippen LogP contribution is -2.59. The Kier molecular flexibility index (Phi) is 4.76. The van der Waals surface area contributed by atoms with Crippen LogP contribution in [0, 0.1) is 24.7 Å². The van der Waals surface area contributed by atoms with Crippen molar-refractivity contribution in [2.45, 2.75) is 50.7 Å². The van der Waals surface area contributed by atoms with E-state index in [1.807, 2.05) is 25.1 Å². The molecule has 4 aliphatic carbocycles. The van der Waals surface area contributed by atoms with Gasteiger partial charge in [-0.1, -0.05) is 0 Å². The van der Waals surface area contributed by atoms with E-state index in [-0.39, 0.29) is 6.04 Å². The smallest absolute Gasteiger partial charge is 0.225 e. The monoisotopic (exact) mass is 447 g/mol. The van der Waals surface area contributed by atoms with Gasteiger partial charge in [-0.15, -0.1) is 0 Å². The predicted molar refractivity (Wildman–Crippen MR) is 124 cm³/mol. The van der Waals surface area contributed by atoms with Gasteiger partial charge in [0.1, 0.15) is 11.6 Å². The average Bonchev–Trinajstić information content (AvgIpc) is 3.19. The number of nitrogens with one attached hydrogen (secondary N) is 3. The maximum atomic E-state index is 10.9. The summed E-state index contributed by atoms with van der Waals surface area (Å²) in [6.45, 7) is 1.96. The van der Waals surface area contributed by atoms with Crippen molar-refractivity contribution in [3.63, 3.8) is 0 Å². The van der Waals surface area contributed by atoms with E-state index in [1.165, 1.54) is 12.8 Å². The average molecular weight is 448 g/mol. The minimum atomic E-state index is -0.464. The van der Waals surface area contributed by atoms with Crippen molar-refractivity contribution in [1.82, 2.24) is 25.1 Å². The summed E-state index contributed by atoms with van der Waals surface area (Å²) < 4.78 is 5.36. The largest absolute Gasteiger partial charge is 0.495 e. The summed E-state index contributed by atoms with van der Waals surface area (Å²) in [6.07, 6.45) is 8.51. The van der Waals surface area contributed by atoms with Gasteiger partial charge in [-0.05, 0) is 62.8 Å². The minimum Gasteiger partial charge on any atom is -0.495 e. The van der Waals surface area contributed by atoms with Crippen LogP contribution < -0.4 is 15.4 Å². The number of anilines is 3. The molecule has 9 heteroatoms. The van der Waals surface area contributed by atoms with Gasteiger partial charge in [0.05, 0.1) is 24.6 Å². The molecule has 33 heavy (non-hydrogen) atoms. The van der Waals surface area contributed by atoms with E-state index < -0.39 is 5.60 Å². The van der Waals surface area contributed by atoms with E-state index in [4.69, 9.17) is 14.7 Å². The van der Waals surface area contributed by atoms with Gasteiger partial charge < -0.3 is 20.5 Å². The lowest BCUT2D eigenvalue weighted by Gasteiger charge is -2.58. The number of aromatic nitrogens is 5. The molecule has 0 saturated heterocycles. The van der Waals surface area contributed by atoms with Crippen molar-refractivity contribution in [2.24, 2.45) is 17.8 Å². The van der Waals surface area contributed by atoms with Gasteiger partial charge in [0.25, 0.3) is 0 Å². The van der Waals surface area contributed by atoms with Gasteiger partial charge in [0.2, 0.25) is 5.95 Å². The Morgan fingerprint density at radius 2 is 1.88 bits per heavy atom. The van der Waals surface area contributed by atoms with Crippen molar-refractivity contribution in [2.75, 3.05) is 17.7 Å². The fourth-order valence-corrected chi connectivity index (χ4v) is 6.37. The van der Waals surface area contributed by atoms with Gasteiger partial charge in [-0.25, -0.2) is 4.98 Å². The third-order valence-corrected chi connectivity index (χ3v) is 7.47. The molecule has 4 bridgehead atoms. The molecule has 0 aliphatic heterocycles. The Bertz CT molecular complexity index is 1160. The molecule has 9 nitrogen and oxygen atoms in total. The zero-order chi connectivity index (χ0) is 22.6. The van der Waals surface area contributed by atoms with Crippen LogP contribution in [0.1, 0.15) is 37.8 Å². The molecule has 4 aliphatic rings. The number of nitrogens with zero attached hydrogens (tertiary/aromatic N) is 4. The Morgan fingerprint density at radius 1 is 1.06 bits per heavy atom. The number of hydrogen-bond acceptors (Lipinski definition) is 8. The Morgan fingerprint density at radius 3 is 2.58 bits per heavy atom. The van der Waals surface area contributed by atoms with Crippen molar-refractivity contribution in [3.05, 3.63) is 36.3 Å². The zero-order valence-electron chi connectivity index (χ0n) is 18.9. The quantitative estimate of drug-likeness (QED) is 0.452. The number of pyridine rings is 1. The van der Waals surface area contributed by atoms with E-state index in [9.17, 15) is 5.11 Å². The second kappa shape index (κ2) is 7.69. The Balaban J connectivity index is 1.33. The molecular weight excluding hydrogens is 418 g/mol. The topological polar surface area (TPSA) is 121 Å². The molecule has 4 N–H and O–H groups in total. The molecular formula is C24H29N7O2. The van der Waals surface area contributed by atoms with E-state index >= 15 is 0 Å². The highest BCUT2D eigenvalue weighted by Gasteiger charge is 2.54. The fourth-order valence-electron chi connectivity index (χ4n) is 6.37. The molecule has 2 atom stereocenters. The van der Waals surface area contributed by atoms with E-state index in [0.29, 0.717) is 41.1 Å². The summed E-state index contributed by atoms with van der Waals surface area (Å²) in [4.78, 5) is 13.9. The number of ether oxygens (including phenoxy) is 1. The summed E-state index contributed by atoms with van der Waals surface area (Å²) >= 11 is 0. The fraction of sp³-hybridized carbons (Fsp3) is 0.500. The molecule has 3 aromatic rings. The van der Waals surface area contributed by atoms with E-state index in [1.54, 1.807) is 19.5 Å². The summed E-state index contributed by atoms with van der Waals surface area (Å²) in [5, 5.41) is 25.1. The van der Waals surface area contributed by atoms with E-state index in [0.717, 1.165) is 36.2 Å². The summed E-state index contributed by atoms with van der Waals surface area (Å²) in [5.74, 6) is 4.17.